The van der Waals surface area contributed by atoms with Crippen LogP contribution in [0.4, 0.5) is 5.82 Å². The van der Waals surface area contributed by atoms with E-state index in [0.29, 0.717) is 6.42 Å². The number of hydrogen-bond donors (Lipinski definition) is 6. The molecule has 2 heterocycles. The number of nitrogens with one attached hydrogen (secondary N) is 1. The van der Waals surface area contributed by atoms with Crippen LogP contribution in [-0.4, -0.2) is 115 Å². The van der Waals surface area contributed by atoms with E-state index in [1.165, 1.54) is 121 Å². The largest absolute Gasteiger partial charge is 0.462 e. The standard InChI is InChI=1S/C42H77N5O10S/c1-3-5-7-9-11-13-15-17-19-21-23-25-36(49)55-29-32(56-37(50)26-24-22-20-18-16-14-12-10-8-6-4-2)30-58-31-33(43)41(54)44-35-27-47(46-45-35)42-40(53)39(52)38(51)34(28-48)57-42/h27,32-34,38-40,42,48,51-53H,3-26,28-31,43H2,1-2H3,(H,44,54). The summed E-state index contributed by atoms with van der Waals surface area (Å²) >= 11 is 1.29. The predicted octanol–water partition coefficient (Wildman–Crippen LogP) is 6.11. The van der Waals surface area contributed by atoms with Crippen LogP contribution in [0.5, 0.6) is 0 Å². The zero-order valence-electron chi connectivity index (χ0n) is 35.5. The molecular weight excluding hydrogens is 767 g/mol. The summed E-state index contributed by atoms with van der Waals surface area (Å²) in [6.45, 7) is 3.78. The highest BCUT2D eigenvalue weighted by atomic mass is 32.2. The zero-order chi connectivity index (χ0) is 42.4. The minimum atomic E-state index is -1.60. The lowest BCUT2D eigenvalue weighted by Gasteiger charge is -2.39. The molecular formula is C42H77N5O10S. The van der Waals surface area contributed by atoms with Crippen LogP contribution in [0.25, 0.3) is 0 Å². The van der Waals surface area contributed by atoms with E-state index in [0.717, 1.165) is 43.2 Å². The number of amides is 1. The average molecular weight is 844 g/mol. The van der Waals surface area contributed by atoms with Crippen LogP contribution in [0.3, 0.4) is 0 Å². The number of aromatic nitrogens is 3. The molecule has 1 aromatic rings. The Bertz CT molecular complexity index is 1230. The number of carbonyl (C=O) groups excluding carboxylic acids is 3. The number of esters is 2. The molecule has 0 spiro atoms. The highest BCUT2D eigenvalue weighted by molar-refractivity contribution is 7.99. The van der Waals surface area contributed by atoms with Crippen molar-refractivity contribution in [1.29, 1.82) is 0 Å². The van der Waals surface area contributed by atoms with Crippen molar-refractivity contribution in [3.05, 3.63) is 6.20 Å². The molecule has 2 rings (SSSR count). The van der Waals surface area contributed by atoms with Crippen LogP contribution in [0, 0.1) is 0 Å². The molecule has 0 bridgehead atoms. The van der Waals surface area contributed by atoms with E-state index in [1.54, 1.807) is 0 Å². The lowest BCUT2D eigenvalue weighted by molar-refractivity contribution is -0.254. The van der Waals surface area contributed by atoms with Gasteiger partial charge in [0.05, 0.1) is 18.8 Å². The first-order valence-corrected chi connectivity index (χ1v) is 23.5. The first-order chi connectivity index (χ1) is 28.1. The first kappa shape index (κ1) is 51.8. The number of rotatable bonds is 35. The molecule has 7 N–H and O–H groups in total. The van der Waals surface area contributed by atoms with E-state index in [4.69, 9.17) is 19.9 Å². The van der Waals surface area contributed by atoms with Gasteiger partial charge in [0.2, 0.25) is 5.91 Å². The molecule has 1 saturated heterocycles. The fraction of sp³-hybridized carbons (Fsp3) is 0.881. The lowest BCUT2D eigenvalue weighted by Crippen LogP contribution is -2.56. The number of ether oxygens (including phenoxy) is 3. The summed E-state index contributed by atoms with van der Waals surface area (Å²) in [4.78, 5) is 38.3. The minimum Gasteiger partial charge on any atom is -0.462 e. The number of aliphatic hydroxyl groups is 4. The summed E-state index contributed by atoms with van der Waals surface area (Å²) in [5.74, 6) is -0.804. The van der Waals surface area contributed by atoms with Crippen LogP contribution < -0.4 is 11.1 Å². The van der Waals surface area contributed by atoms with Crippen LogP contribution >= 0.6 is 11.8 Å². The molecule has 1 aliphatic heterocycles. The Morgan fingerprint density at radius 2 is 1.26 bits per heavy atom. The van der Waals surface area contributed by atoms with Crippen molar-refractivity contribution in [1.82, 2.24) is 15.0 Å². The third kappa shape index (κ3) is 22.3. The van der Waals surface area contributed by atoms with Crippen molar-refractivity contribution >= 4 is 35.4 Å². The van der Waals surface area contributed by atoms with Gasteiger partial charge >= 0.3 is 11.9 Å². The van der Waals surface area contributed by atoms with Crippen molar-refractivity contribution in [2.75, 3.05) is 30.0 Å². The summed E-state index contributed by atoms with van der Waals surface area (Å²) in [6.07, 6.45) is 20.0. The van der Waals surface area contributed by atoms with E-state index in [2.05, 4.69) is 29.5 Å². The molecule has 0 radical (unpaired) electrons. The van der Waals surface area contributed by atoms with Gasteiger partial charge in [-0.05, 0) is 12.8 Å². The maximum absolute atomic E-state index is 12.9. The van der Waals surface area contributed by atoms with Gasteiger partial charge in [0.1, 0.15) is 37.1 Å². The molecule has 7 unspecified atom stereocenters. The van der Waals surface area contributed by atoms with E-state index in [-0.39, 0.29) is 42.3 Å². The van der Waals surface area contributed by atoms with Crippen molar-refractivity contribution in [3.8, 4) is 0 Å². The third-order valence-corrected chi connectivity index (χ3v) is 11.7. The summed E-state index contributed by atoms with van der Waals surface area (Å²) in [5.41, 5.74) is 6.16. The lowest BCUT2D eigenvalue weighted by atomic mass is 9.98. The second-order valence-corrected chi connectivity index (χ2v) is 16.9. The number of aliphatic hydroxyl groups excluding tert-OH is 4. The van der Waals surface area contributed by atoms with Gasteiger partial charge in [-0.2, -0.15) is 11.8 Å². The van der Waals surface area contributed by atoms with Gasteiger partial charge in [-0.25, -0.2) is 4.68 Å². The smallest absolute Gasteiger partial charge is 0.306 e. The molecule has 58 heavy (non-hydrogen) atoms. The van der Waals surface area contributed by atoms with Gasteiger partial charge in [-0.3, -0.25) is 14.4 Å². The van der Waals surface area contributed by atoms with Crippen LogP contribution in [0.2, 0.25) is 0 Å². The molecule has 336 valence electrons. The fourth-order valence-electron chi connectivity index (χ4n) is 6.87. The molecule has 16 heteroatoms. The Kier molecular flexibility index (Phi) is 29.0. The molecule has 0 aromatic carbocycles. The Morgan fingerprint density at radius 3 is 1.78 bits per heavy atom. The van der Waals surface area contributed by atoms with E-state index in [1.807, 2.05) is 0 Å². The van der Waals surface area contributed by atoms with Crippen molar-refractivity contribution in [2.45, 2.75) is 211 Å². The number of unbranched alkanes of at least 4 members (excludes halogenated alkanes) is 20. The maximum Gasteiger partial charge on any atom is 0.306 e. The van der Waals surface area contributed by atoms with Crippen molar-refractivity contribution in [2.24, 2.45) is 5.73 Å². The predicted molar refractivity (Wildman–Crippen MR) is 226 cm³/mol. The number of thioether (sulfide) groups is 1. The second kappa shape index (κ2) is 32.4. The summed E-state index contributed by atoms with van der Waals surface area (Å²) < 4.78 is 17.8. The normalized spacial score (nSPS) is 20.4. The molecule has 1 fully saturated rings. The zero-order valence-corrected chi connectivity index (χ0v) is 36.3. The fourth-order valence-corrected chi connectivity index (χ4v) is 7.83. The Balaban J connectivity index is 1.78. The van der Waals surface area contributed by atoms with Gasteiger partial charge in [-0.15, -0.1) is 5.10 Å². The van der Waals surface area contributed by atoms with Crippen molar-refractivity contribution < 1.29 is 49.0 Å². The number of nitrogens with zero attached hydrogens (tertiary/aromatic N) is 3. The number of hydrogen-bond acceptors (Lipinski definition) is 14. The molecule has 1 amide bonds. The van der Waals surface area contributed by atoms with Gasteiger partial charge in [0.25, 0.3) is 0 Å². The quantitative estimate of drug-likeness (QED) is 0.0335. The van der Waals surface area contributed by atoms with Gasteiger partial charge in [0, 0.05) is 24.3 Å². The second-order valence-electron chi connectivity index (χ2n) is 15.8. The van der Waals surface area contributed by atoms with Gasteiger partial charge in [0.15, 0.2) is 12.0 Å². The average Bonchev–Trinajstić information content (AvgIpc) is 3.68. The SMILES string of the molecule is CCCCCCCCCCCCCC(=O)OCC(CSCC(N)C(=O)Nc1cn(C2OC(CO)C(O)C(O)C2O)nn1)OC(=O)CCCCCCCCCCCCC. The summed E-state index contributed by atoms with van der Waals surface area (Å²) in [6, 6.07) is -0.987. The molecule has 15 nitrogen and oxygen atoms in total. The van der Waals surface area contributed by atoms with E-state index in [9.17, 15) is 34.8 Å². The number of nitrogens with two attached hydrogens (primary N) is 1. The number of anilines is 1. The summed E-state index contributed by atoms with van der Waals surface area (Å²) in [5, 5.41) is 50.2. The molecule has 1 aliphatic rings. The Morgan fingerprint density at radius 1 is 0.759 bits per heavy atom. The van der Waals surface area contributed by atoms with Crippen LogP contribution in [0.1, 0.15) is 174 Å². The Hall–Kier alpha value is -2.34. The topological polar surface area (TPSA) is 229 Å². The maximum atomic E-state index is 12.9. The highest BCUT2D eigenvalue weighted by Gasteiger charge is 2.44. The first-order valence-electron chi connectivity index (χ1n) is 22.3. The van der Waals surface area contributed by atoms with E-state index < -0.39 is 55.3 Å². The highest BCUT2D eigenvalue weighted by Crippen LogP contribution is 2.28. The van der Waals surface area contributed by atoms with Crippen LogP contribution in [0.15, 0.2) is 6.20 Å². The number of carbonyl (C=O) groups is 3. The van der Waals surface area contributed by atoms with Crippen LogP contribution in [-0.2, 0) is 28.6 Å². The monoisotopic (exact) mass is 844 g/mol. The van der Waals surface area contributed by atoms with Gasteiger partial charge in [-0.1, -0.05) is 147 Å². The van der Waals surface area contributed by atoms with Crippen molar-refractivity contribution in [3.63, 3.8) is 0 Å². The molecule has 0 aliphatic carbocycles. The third-order valence-electron chi connectivity index (χ3n) is 10.5. The minimum absolute atomic E-state index is 0.00124. The van der Waals surface area contributed by atoms with E-state index >= 15 is 0 Å². The molecule has 0 saturated carbocycles. The Labute approximate surface area is 351 Å². The molecule has 7 atom stereocenters. The molecule has 1 aromatic heterocycles. The summed E-state index contributed by atoms with van der Waals surface area (Å²) in [7, 11) is 0. The van der Waals surface area contributed by atoms with Gasteiger partial charge < -0.3 is 45.7 Å².